The van der Waals surface area contributed by atoms with Gasteiger partial charge in [-0.1, -0.05) is 13.8 Å². The van der Waals surface area contributed by atoms with E-state index in [-0.39, 0.29) is 12.5 Å². The average molecular weight is 231 g/mol. The first-order chi connectivity index (χ1) is 7.22. The summed E-state index contributed by atoms with van der Waals surface area (Å²) in [5.41, 5.74) is -1.17. The first-order valence-corrected chi connectivity index (χ1v) is 5.87. The number of esters is 1. The van der Waals surface area contributed by atoms with Crippen LogP contribution in [-0.4, -0.2) is 35.4 Å². The summed E-state index contributed by atoms with van der Waals surface area (Å²) in [6.45, 7) is 9.91. The van der Waals surface area contributed by atoms with E-state index in [9.17, 15) is 9.90 Å². The Balaban J connectivity index is 3.86. The third-order valence-corrected chi connectivity index (χ3v) is 2.46. The van der Waals surface area contributed by atoms with Gasteiger partial charge in [-0.3, -0.25) is 4.79 Å². The van der Waals surface area contributed by atoms with Crippen molar-refractivity contribution in [3.63, 3.8) is 0 Å². The molecule has 0 aromatic rings. The molecule has 96 valence electrons. The highest BCUT2D eigenvalue weighted by atomic mass is 16.6. The molecule has 0 heterocycles. The van der Waals surface area contributed by atoms with Crippen LogP contribution in [0.1, 0.15) is 47.5 Å². The topological polar surface area (TPSA) is 58.6 Å². The predicted octanol–water partition coefficient (Wildman–Crippen LogP) is 1.47. The Kier molecular flexibility index (Phi) is 5.97. The predicted molar refractivity (Wildman–Crippen MR) is 64.2 cm³/mol. The molecule has 16 heavy (non-hydrogen) atoms. The van der Waals surface area contributed by atoms with E-state index < -0.39 is 11.2 Å². The van der Waals surface area contributed by atoms with Gasteiger partial charge in [0.2, 0.25) is 0 Å². The van der Waals surface area contributed by atoms with E-state index in [2.05, 4.69) is 5.32 Å². The minimum Gasteiger partial charge on any atom is -0.459 e. The van der Waals surface area contributed by atoms with E-state index in [1.54, 1.807) is 0 Å². The van der Waals surface area contributed by atoms with Crippen molar-refractivity contribution >= 4 is 5.97 Å². The van der Waals surface area contributed by atoms with Crippen LogP contribution in [0.5, 0.6) is 0 Å². The van der Waals surface area contributed by atoms with Crippen LogP contribution in [0.4, 0.5) is 0 Å². The molecular weight excluding hydrogens is 206 g/mol. The molecule has 0 spiro atoms. The van der Waals surface area contributed by atoms with Gasteiger partial charge in [0.1, 0.15) is 5.60 Å². The number of carbonyl (C=O) groups is 1. The van der Waals surface area contributed by atoms with Crippen molar-refractivity contribution in [2.45, 2.75) is 58.7 Å². The Hall–Kier alpha value is -0.610. The van der Waals surface area contributed by atoms with E-state index in [1.807, 2.05) is 34.6 Å². The van der Waals surface area contributed by atoms with Gasteiger partial charge in [-0.2, -0.15) is 0 Å². The van der Waals surface area contributed by atoms with Crippen LogP contribution in [0, 0.1) is 0 Å². The SMILES string of the molecule is CCC(O)(CC)CNCC(=O)OC(C)(C)C. The molecule has 0 aliphatic carbocycles. The quantitative estimate of drug-likeness (QED) is 0.680. The molecule has 4 heteroatoms. The minimum absolute atomic E-state index is 0.138. The smallest absolute Gasteiger partial charge is 0.320 e. The Morgan fingerprint density at radius 3 is 2.12 bits per heavy atom. The van der Waals surface area contributed by atoms with Crippen LogP contribution in [0.25, 0.3) is 0 Å². The van der Waals surface area contributed by atoms with E-state index in [0.717, 1.165) is 0 Å². The number of nitrogens with one attached hydrogen (secondary N) is 1. The van der Waals surface area contributed by atoms with Gasteiger partial charge >= 0.3 is 5.97 Å². The second-order valence-electron chi connectivity index (χ2n) is 5.12. The summed E-state index contributed by atoms with van der Waals surface area (Å²) in [7, 11) is 0. The Labute approximate surface area is 98.4 Å². The van der Waals surface area contributed by atoms with Crippen molar-refractivity contribution < 1.29 is 14.6 Å². The normalized spacial score (nSPS) is 12.6. The van der Waals surface area contributed by atoms with Crippen molar-refractivity contribution in [3.05, 3.63) is 0 Å². The van der Waals surface area contributed by atoms with Crippen molar-refractivity contribution in [2.75, 3.05) is 13.1 Å². The highest BCUT2D eigenvalue weighted by Crippen LogP contribution is 2.12. The van der Waals surface area contributed by atoms with Crippen LogP contribution < -0.4 is 5.32 Å². The monoisotopic (exact) mass is 231 g/mol. The van der Waals surface area contributed by atoms with Crippen LogP contribution in [0.15, 0.2) is 0 Å². The van der Waals surface area contributed by atoms with Crippen LogP contribution >= 0.6 is 0 Å². The van der Waals surface area contributed by atoms with E-state index >= 15 is 0 Å². The molecule has 0 fully saturated rings. The number of rotatable bonds is 6. The van der Waals surface area contributed by atoms with Gasteiger partial charge in [-0.05, 0) is 33.6 Å². The fraction of sp³-hybridized carbons (Fsp3) is 0.917. The van der Waals surface area contributed by atoms with Gasteiger partial charge in [0.15, 0.2) is 0 Å². The van der Waals surface area contributed by atoms with Gasteiger partial charge in [0.25, 0.3) is 0 Å². The van der Waals surface area contributed by atoms with Crippen LogP contribution in [-0.2, 0) is 9.53 Å². The summed E-state index contributed by atoms with van der Waals surface area (Å²) in [6, 6.07) is 0. The van der Waals surface area contributed by atoms with Gasteiger partial charge in [0.05, 0.1) is 12.1 Å². The zero-order valence-corrected chi connectivity index (χ0v) is 11.1. The minimum atomic E-state index is -0.720. The number of hydrogen-bond acceptors (Lipinski definition) is 4. The number of hydrogen-bond donors (Lipinski definition) is 2. The second-order valence-corrected chi connectivity index (χ2v) is 5.12. The summed E-state index contributed by atoms with van der Waals surface area (Å²) < 4.78 is 5.14. The molecule has 0 aliphatic heterocycles. The molecule has 0 saturated heterocycles. The lowest BCUT2D eigenvalue weighted by atomic mass is 9.98. The lowest BCUT2D eigenvalue weighted by Crippen LogP contribution is -2.42. The van der Waals surface area contributed by atoms with E-state index in [0.29, 0.717) is 19.4 Å². The maximum Gasteiger partial charge on any atom is 0.320 e. The molecule has 0 aliphatic rings. The number of ether oxygens (including phenoxy) is 1. The van der Waals surface area contributed by atoms with Crippen molar-refractivity contribution in [3.8, 4) is 0 Å². The zero-order valence-electron chi connectivity index (χ0n) is 11.1. The Morgan fingerprint density at radius 1 is 1.25 bits per heavy atom. The maximum atomic E-state index is 11.4. The van der Waals surface area contributed by atoms with Crippen LogP contribution in [0.3, 0.4) is 0 Å². The molecule has 0 saturated carbocycles. The summed E-state index contributed by atoms with van der Waals surface area (Å²) in [5, 5.41) is 12.9. The summed E-state index contributed by atoms with van der Waals surface area (Å²) in [5.74, 6) is -0.290. The molecule has 0 atom stereocenters. The first kappa shape index (κ1) is 15.4. The highest BCUT2D eigenvalue weighted by Gasteiger charge is 2.22. The molecule has 4 nitrogen and oxygen atoms in total. The largest absolute Gasteiger partial charge is 0.459 e. The lowest BCUT2D eigenvalue weighted by molar-refractivity contribution is -0.153. The van der Waals surface area contributed by atoms with Crippen molar-refractivity contribution in [1.29, 1.82) is 0 Å². The Bertz CT molecular complexity index is 217. The third-order valence-electron chi connectivity index (χ3n) is 2.46. The zero-order chi connectivity index (χ0) is 12.8. The summed E-state index contributed by atoms with van der Waals surface area (Å²) in [6.07, 6.45) is 1.34. The first-order valence-electron chi connectivity index (χ1n) is 5.87. The molecule has 0 aromatic carbocycles. The van der Waals surface area contributed by atoms with Gasteiger partial charge in [-0.15, -0.1) is 0 Å². The van der Waals surface area contributed by atoms with Gasteiger partial charge in [-0.25, -0.2) is 0 Å². The molecule has 0 rings (SSSR count). The van der Waals surface area contributed by atoms with E-state index in [1.165, 1.54) is 0 Å². The third kappa shape index (κ3) is 6.80. The maximum absolute atomic E-state index is 11.4. The highest BCUT2D eigenvalue weighted by molar-refractivity contribution is 5.72. The Morgan fingerprint density at radius 2 is 1.75 bits per heavy atom. The average Bonchev–Trinajstić information content (AvgIpc) is 2.14. The van der Waals surface area contributed by atoms with Crippen molar-refractivity contribution in [1.82, 2.24) is 5.32 Å². The van der Waals surface area contributed by atoms with E-state index in [4.69, 9.17) is 4.74 Å². The molecule has 2 N–H and O–H groups in total. The van der Waals surface area contributed by atoms with Gasteiger partial charge < -0.3 is 15.2 Å². The standard InChI is InChI=1S/C12H25NO3/c1-6-12(15,7-2)9-13-8-10(14)16-11(3,4)5/h13,15H,6-9H2,1-5H3. The molecular formula is C12H25NO3. The van der Waals surface area contributed by atoms with Crippen LogP contribution in [0.2, 0.25) is 0 Å². The van der Waals surface area contributed by atoms with Gasteiger partial charge in [0, 0.05) is 6.54 Å². The molecule has 0 aromatic heterocycles. The molecule has 0 amide bonds. The number of aliphatic hydroxyl groups is 1. The molecule has 0 bridgehead atoms. The summed E-state index contributed by atoms with van der Waals surface area (Å²) >= 11 is 0. The lowest BCUT2D eigenvalue weighted by Gasteiger charge is -2.26. The molecule has 0 unspecified atom stereocenters. The number of carbonyl (C=O) groups excluding carboxylic acids is 1. The second kappa shape index (κ2) is 6.21. The fourth-order valence-corrected chi connectivity index (χ4v) is 1.27. The molecule has 0 radical (unpaired) electrons. The fourth-order valence-electron chi connectivity index (χ4n) is 1.27. The van der Waals surface area contributed by atoms with Crippen molar-refractivity contribution in [2.24, 2.45) is 0 Å². The summed E-state index contributed by atoms with van der Waals surface area (Å²) in [4.78, 5) is 11.4.